The van der Waals surface area contributed by atoms with Gasteiger partial charge in [0, 0.05) is 0 Å². The van der Waals surface area contributed by atoms with Gasteiger partial charge in [-0.2, -0.15) is 0 Å². The molecule has 1 aromatic heterocycles. The monoisotopic (exact) mass is 258 g/mol. The summed E-state index contributed by atoms with van der Waals surface area (Å²) in [7, 11) is 0. The number of fused-ring (bicyclic) bond motifs is 1. The molecule has 0 saturated heterocycles. The summed E-state index contributed by atoms with van der Waals surface area (Å²) in [6.45, 7) is 0.741. The second-order valence-corrected chi connectivity index (χ2v) is 4.85. The minimum Gasteiger partial charge on any atom is -0.472 e. The van der Waals surface area contributed by atoms with Crippen LogP contribution in [-0.2, 0) is 17.6 Å². The second-order valence-electron chi connectivity index (χ2n) is 4.85. The minimum atomic E-state index is -0.00940. The van der Waals surface area contributed by atoms with E-state index in [1.54, 1.807) is 12.5 Å². The van der Waals surface area contributed by atoms with Gasteiger partial charge < -0.3 is 9.15 Å². The lowest BCUT2D eigenvalue weighted by atomic mass is 9.91. The van der Waals surface area contributed by atoms with Gasteiger partial charge in [0.25, 0.3) is 0 Å². The highest BCUT2D eigenvalue weighted by atomic mass is 16.5. The van der Waals surface area contributed by atoms with Crippen molar-refractivity contribution in [2.24, 2.45) is 5.84 Å². The van der Waals surface area contributed by atoms with Gasteiger partial charge in [0.2, 0.25) is 0 Å². The van der Waals surface area contributed by atoms with E-state index in [1.807, 2.05) is 12.1 Å². The maximum absolute atomic E-state index is 5.93. The van der Waals surface area contributed by atoms with Crippen LogP contribution in [0.2, 0.25) is 0 Å². The van der Waals surface area contributed by atoms with Gasteiger partial charge in [-0.3, -0.25) is 11.3 Å². The predicted octanol–water partition coefficient (Wildman–Crippen LogP) is 1.97. The molecule has 100 valence electrons. The van der Waals surface area contributed by atoms with E-state index in [4.69, 9.17) is 15.0 Å². The molecule has 3 N–H and O–H groups in total. The first-order valence-electron chi connectivity index (χ1n) is 6.55. The van der Waals surface area contributed by atoms with Gasteiger partial charge in [-0.05, 0) is 35.6 Å². The number of nitrogens with two attached hydrogens (primary N) is 1. The van der Waals surface area contributed by atoms with E-state index < -0.39 is 0 Å². The first-order chi connectivity index (χ1) is 9.38. The topological polar surface area (TPSA) is 60.4 Å². The Morgan fingerprint density at radius 1 is 1.32 bits per heavy atom. The lowest BCUT2D eigenvalue weighted by Gasteiger charge is -2.32. The van der Waals surface area contributed by atoms with Gasteiger partial charge in [-0.1, -0.05) is 24.3 Å². The van der Waals surface area contributed by atoms with E-state index in [0.29, 0.717) is 0 Å². The maximum Gasteiger partial charge on any atom is 0.0997 e. The van der Waals surface area contributed by atoms with Crippen LogP contribution in [0.1, 0.15) is 22.8 Å². The summed E-state index contributed by atoms with van der Waals surface area (Å²) < 4.78 is 11.0. The van der Waals surface area contributed by atoms with Crippen LogP contribution in [0.4, 0.5) is 0 Å². The van der Waals surface area contributed by atoms with Gasteiger partial charge in [-0.25, -0.2) is 0 Å². The van der Waals surface area contributed by atoms with Gasteiger partial charge >= 0.3 is 0 Å². The Labute approximate surface area is 112 Å². The number of rotatable bonds is 4. The fourth-order valence-electron chi connectivity index (χ4n) is 2.67. The third kappa shape index (κ3) is 2.56. The zero-order valence-corrected chi connectivity index (χ0v) is 10.7. The predicted molar refractivity (Wildman–Crippen MR) is 72.4 cm³/mol. The Kier molecular flexibility index (Phi) is 3.64. The number of hydrogen-bond donors (Lipinski definition) is 2. The molecule has 19 heavy (non-hydrogen) atoms. The molecular formula is C15H18N2O2. The minimum absolute atomic E-state index is 0.00940. The number of ether oxygens (including phenoxy) is 1. The van der Waals surface area contributed by atoms with E-state index in [-0.39, 0.29) is 12.1 Å². The van der Waals surface area contributed by atoms with Crippen LogP contribution in [0, 0.1) is 0 Å². The summed E-state index contributed by atoms with van der Waals surface area (Å²) in [5.41, 5.74) is 6.59. The van der Waals surface area contributed by atoms with E-state index in [0.717, 1.165) is 25.0 Å². The van der Waals surface area contributed by atoms with Crippen LogP contribution in [-0.4, -0.2) is 12.6 Å². The Hall–Kier alpha value is -1.62. The smallest absolute Gasteiger partial charge is 0.0997 e. The van der Waals surface area contributed by atoms with E-state index in [2.05, 4.69) is 23.6 Å². The molecule has 2 atom stereocenters. The third-order valence-electron chi connectivity index (χ3n) is 3.65. The SMILES string of the molecule is NNC(Cc1ccoc1)C1OCCc2ccccc21. The van der Waals surface area contributed by atoms with Crippen molar-refractivity contribution in [3.63, 3.8) is 0 Å². The molecule has 0 aliphatic carbocycles. The van der Waals surface area contributed by atoms with Gasteiger partial charge in [0.1, 0.15) is 0 Å². The summed E-state index contributed by atoms with van der Waals surface area (Å²) >= 11 is 0. The molecule has 3 rings (SSSR count). The largest absolute Gasteiger partial charge is 0.472 e. The van der Waals surface area contributed by atoms with Crippen molar-refractivity contribution in [1.29, 1.82) is 0 Å². The number of nitrogens with one attached hydrogen (secondary N) is 1. The van der Waals surface area contributed by atoms with Crippen LogP contribution in [0.15, 0.2) is 47.3 Å². The van der Waals surface area contributed by atoms with Crippen LogP contribution in [0.25, 0.3) is 0 Å². The average molecular weight is 258 g/mol. The van der Waals surface area contributed by atoms with Crippen LogP contribution in [0.5, 0.6) is 0 Å². The van der Waals surface area contributed by atoms with Crippen LogP contribution >= 0.6 is 0 Å². The number of hydrogen-bond acceptors (Lipinski definition) is 4. The van der Waals surface area contributed by atoms with Gasteiger partial charge in [-0.15, -0.1) is 0 Å². The standard InChI is InChI=1S/C15H18N2O2/c16-17-14(9-11-5-7-18-10-11)15-13-4-2-1-3-12(13)6-8-19-15/h1-5,7,10,14-15,17H,6,8-9,16H2. The molecule has 4 heteroatoms. The molecule has 0 amide bonds. The molecule has 0 bridgehead atoms. The maximum atomic E-state index is 5.93. The molecule has 0 spiro atoms. The van der Waals surface area contributed by atoms with Crippen molar-refractivity contribution in [2.75, 3.05) is 6.61 Å². The summed E-state index contributed by atoms with van der Waals surface area (Å²) in [6.07, 6.45) is 5.17. The van der Waals surface area contributed by atoms with Crippen molar-refractivity contribution >= 4 is 0 Å². The van der Waals surface area contributed by atoms with Crippen molar-refractivity contribution in [3.8, 4) is 0 Å². The zero-order chi connectivity index (χ0) is 13.1. The molecule has 2 unspecified atom stereocenters. The summed E-state index contributed by atoms with van der Waals surface area (Å²) in [5.74, 6) is 5.72. The quantitative estimate of drug-likeness (QED) is 0.650. The third-order valence-corrected chi connectivity index (χ3v) is 3.65. The Balaban J connectivity index is 1.84. The summed E-state index contributed by atoms with van der Waals surface area (Å²) in [6, 6.07) is 10.4. The molecule has 2 heterocycles. The molecule has 2 aromatic rings. The fraction of sp³-hybridized carbons (Fsp3) is 0.333. The lowest BCUT2D eigenvalue weighted by molar-refractivity contribution is 0.0153. The number of furan rings is 1. The Morgan fingerprint density at radius 2 is 2.21 bits per heavy atom. The van der Waals surface area contributed by atoms with Crippen LogP contribution in [0.3, 0.4) is 0 Å². The van der Waals surface area contributed by atoms with Crippen molar-refractivity contribution in [2.45, 2.75) is 25.0 Å². The average Bonchev–Trinajstić information content (AvgIpc) is 2.97. The fourth-order valence-corrected chi connectivity index (χ4v) is 2.67. The van der Waals surface area contributed by atoms with E-state index >= 15 is 0 Å². The zero-order valence-electron chi connectivity index (χ0n) is 10.7. The molecular weight excluding hydrogens is 240 g/mol. The highest BCUT2D eigenvalue weighted by molar-refractivity contribution is 5.32. The second kappa shape index (κ2) is 5.57. The van der Waals surface area contributed by atoms with Crippen molar-refractivity contribution < 1.29 is 9.15 Å². The van der Waals surface area contributed by atoms with E-state index in [1.165, 1.54) is 11.1 Å². The molecule has 0 saturated carbocycles. The molecule has 1 aliphatic heterocycles. The molecule has 1 aromatic carbocycles. The first-order valence-corrected chi connectivity index (χ1v) is 6.55. The van der Waals surface area contributed by atoms with Crippen LogP contribution < -0.4 is 11.3 Å². The highest BCUT2D eigenvalue weighted by Gasteiger charge is 2.28. The number of hydrazine groups is 1. The Bertz CT molecular complexity index is 525. The Morgan fingerprint density at radius 3 is 3.00 bits per heavy atom. The lowest BCUT2D eigenvalue weighted by Crippen LogP contribution is -2.43. The van der Waals surface area contributed by atoms with Gasteiger partial charge in [0.05, 0.1) is 31.3 Å². The van der Waals surface area contributed by atoms with Crippen molar-refractivity contribution in [1.82, 2.24) is 5.43 Å². The molecule has 0 fully saturated rings. The number of benzene rings is 1. The molecule has 0 radical (unpaired) electrons. The van der Waals surface area contributed by atoms with Gasteiger partial charge in [0.15, 0.2) is 0 Å². The summed E-state index contributed by atoms with van der Waals surface area (Å²) in [4.78, 5) is 0. The van der Waals surface area contributed by atoms with E-state index in [9.17, 15) is 0 Å². The highest BCUT2D eigenvalue weighted by Crippen LogP contribution is 2.30. The normalized spacial score (nSPS) is 19.9. The first kappa shape index (κ1) is 12.4. The molecule has 1 aliphatic rings. The van der Waals surface area contributed by atoms with Crippen molar-refractivity contribution in [3.05, 3.63) is 59.5 Å². The summed E-state index contributed by atoms with van der Waals surface area (Å²) in [5, 5.41) is 0. The molecule has 4 nitrogen and oxygen atoms in total.